The van der Waals surface area contributed by atoms with Gasteiger partial charge in [-0.05, 0) is 42.9 Å². The maximum absolute atomic E-state index is 13.2. The van der Waals surface area contributed by atoms with Gasteiger partial charge in [0, 0.05) is 63.5 Å². The minimum absolute atomic E-state index is 0. The van der Waals surface area contributed by atoms with Gasteiger partial charge >= 0.3 is 0 Å². The van der Waals surface area contributed by atoms with Crippen molar-refractivity contribution in [2.24, 2.45) is 5.41 Å². The van der Waals surface area contributed by atoms with Crippen LogP contribution in [0.2, 0.25) is 0 Å². The molecule has 26 heavy (non-hydrogen) atoms. The van der Waals surface area contributed by atoms with Gasteiger partial charge in [-0.2, -0.15) is 0 Å². The summed E-state index contributed by atoms with van der Waals surface area (Å²) < 4.78 is 51.0. The fourth-order valence-corrected chi connectivity index (χ4v) is 1.80. The number of anilines is 1. The van der Waals surface area contributed by atoms with Crippen LogP contribution in [-0.4, -0.2) is 0 Å². The summed E-state index contributed by atoms with van der Waals surface area (Å²) in [5.74, 6) is -3.26. The van der Waals surface area contributed by atoms with Crippen LogP contribution < -0.4 is 5.73 Å². The number of aryl methyl sites for hydroxylation is 2. The van der Waals surface area contributed by atoms with Crippen molar-refractivity contribution in [2.75, 3.05) is 5.73 Å². The number of nitrogens with two attached hydrogens (primary N) is 1. The van der Waals surface area contributed by atoms with Crippen LogP contribution >= 0.6 is 0 Å². The molecule has 0 amide bonds. The van der Waals surface area contributed by atoms with Crippen molar-refractivity contribution in [3.63, 3.8) is 0 Å². The van der Waals surface area contributed by atoms with Gasteiger partial charge in [-0.15, -0.1) is 17.7 Å². The molecule has 0 unspecified atom stereocenters. The van der Waals surface area contributed by atoms with Gasteiger partial charge in [0.25, 0.3) is 0 Å². The monoisotopic (exact) mass is 507 g/mol. The van der Waals surface area contributed by atoms with Gasteiger partial charge in [0.2, 0.25) is 0 Å². The number of hydrogen-bond donors (Lipinski definition) is 1. The third-order valence-corrected chi connectivity index (χ3v) is 3.33. The van der Waals surface area contributed by atoms with E-state index in [2.05, 4.69) is 6.07 Å². The van der Waals surface area contributed by atoms with Crippen molar-refractivity contribution in [3.8, 4) is 0 Å². The van der Waals surface area contributed by atoms with Crippen LogP contribution in [0.25, 0.3) is 0 Å². The Morgan fingerprint density at radius 3 is 2.00 bits per heavy atom. The third-order valence-electron chi connectivity index (χ3n) is 3.33. The standard InChI is InChI=1S/C12H14F3.C7H8FN.CH3.Sm/c1-12(2,3)5-4-8-6-10(14)11(15)7-9(8)13;1-5-2-3-6(9)4-7(5)8;;/h7H,4-5H2,1-3H3;2-4H,9H2,1H3;1H3;/q-1;;-1;. The van der Waals surface area contributed by atoms with E-state index >= 15 is 0 Å². The summed E-state index contributed by atoms with van der Waals surface area (Å²) in [6.45, 7) is 7.72. The largest absolute Gasteiger partial charge is 0.399 e. The maximum atomic E-state index is 13.2. The van der Waals surface area contributed by atoms with Crippen LogP contribution in [0, 0.1) is 89.5 Å². The van der Waals surface area contributed by atoms with Gasteiger partial charge in [-0.25, -0.2) is 8.78 Å². The van der Waals surface area contributed by atoms with Gasteiger partial charge in [0.05, 0.1) is 0 Å². The Bertz CT molecular complexity index is 697. The smallest absolute Gasteiger partial charge is 0.128 e. The predicted octanol–water partition coefficient (Wildman–Crippen LogP) is 6.05. The molecule has 0 aliphatic carbocycles. The molecule has 0 saturated carbocycles. The molecule has 0 heterocycles. The fourth-order valence-electron chi connectivity index (χ4n) is 1.80. The number of halogens is 4. The van der Waals surface area contributed by atoms with E-state index < -0.39 is 17.5 Å². The molecule has 6 heteroatoms. The van der Waals surface area contributed by atoms with Gasteiger partial charge in [-0.3, -0.25) is 8.78 Å². The fraction of sp³-hybridized carbons (Fsp3) is 0.350. The Kier molecular flexibility index (Phi) is 12.6. The number of hydrogen-bond acceptors (Lipinski definition) is 1. The van der Waals surface area contributed by atoms with Crippen LogP contribution in [-0.2, 0) is 6.42 Å². The van der Waals surface area contributed by atoms with Crippen LogP contribution in [0.5, 0.6) is 0 Å². The molecule has 1 nitrogen and oxygen atoms in total. The van der Waals surface area contributed by atoms with Gasteiger partial charge in [0.15, 0.2) is 0 Å². The minimum atomic E-state index is -1.19. The van der Waals surface area contributed by atoms with E-state index in [1.165, 1.54) is 6.07 Å². The number of benzene rings is 2. The maximum Gasteiger partial charge on any atom is 0.128 e. The third kappa shape index (κ3) is 9.85. The van der Waals surface area contributed by atoms with E-state index in [0.29, 0.717) is 30.2 Å². The van der Waals surface area contributed by atoms with E-state index in [9.17, 15) is 17.6 Å². The predicted molar refractivity (Wildman–Crippen MR) is 94.9 cm³/mol. The molecule has 0 spiro atoms. The van der Waals surface area contributed by atoms with Gasteiger partial charge < -0.3 is 13.2 Å². The molecule has 0 atom stereocenters. The molecule has 0 bridgehead atoms. The van der Waals surface area contributed by atoms with Crippen molar-refractivity contribution in [1.82, 2.24) is 0 Å². The average molecular weight is 506 g/mol. The molecule has 2 aromatic carbocycles. The molecule has 0 aliphatic heterocycles. The quantitative estimate of drug-likeness (QED) is 0.229. The van der Waals surface area contributed by atoms with Crippen molar-refractivity contribution in [3.05, 3.63) is 72.2 Å². The molecular formula is C20H25F4NSm-2. The Morgan fingerprint density at radius 2 is 1.54 bits per heavy atom. The molecule has 0 aromatic heterocycles. The van der Waals surface area contributed by atoms with Crippen molar-refractivity contribution >= 4 is 5.69 Å². The van der Waals surface area contributed by atoms with Crippen molar-refractivity contribution < 1.29 is 58.0 Å². The van der Waals surface area contributed by atoms with E-state index in [-0.39, 0.29) is 64.6 Å². The summed E-state index contributed by atoms with van der Waals surface area (Å²) in [5.41, 5.74) is 6.53. The molecule has 2 aromatic rings. The summed E-state index contributed by atoms with van der Waals surface area (Å²) in [6, 6.07) is 7.32. The second-order valence-electron chi connectivity index (χ2n) is 6.83. The first-order valence-electron chi connectivity index (χ1n) is 7.57. The Labute approximate surface area is 186 Å². The Hall–Kier alpha value is -0.702. The Morgan fingerprint density at radius 1 is 0.962 bits per heavy atom. The minimum Gasteiger partial charge on any atom is -0.399 e. The van der Waals surface area contributed by atoms with Crippen molar-refractivity contribution in [1.29, 1.82) is 0 Å². The Balaban J connectivity index is 0. The molecule has 2 rings (SSSR count). The van der Waals surface area contributed by atoms with Crippen molar-refractivity contribution in [2.45, 2.75) is 40.5 Å². The summed E-state index contributed by atoms with van der Waals surface area (Å²) in [4.78, 5) is 0. The average Bonchev–Trinajstić information content (AvgIpc) is 2.45. The van der Waals surface area contributed by atoms with Crippen LogP contribution in [0.1, 0.15) is 38.3 Å². The molecule has 0 fully saturated rings. The van der Waals surface area contributed by atoms with Crippen LogP contribution in [0.3, 0.4) is 0 Å². The second kappa shape index (κ2) is 11.9. The topological polar surface area (TPSA) is 26.0 Å². The number of rotatable bonds is 2. The summed E-state index contributed by atoms with van der Waals surface area (Å²) >= 11 is 0. The van der Waals surface area contributed by atoms with Gasteiger partial charge in [-0.1, -0.05) is 26.8 Å². The molecule has 146 valence electrons. The van der Waals surface area contributed by atoms with Crippen LogP contribution in [0.15, 0.2) is 24.3 Å². The normalized spacial score (nSPS) is 10.2. The molecule has 0 aliphatic rings. The van der Waals surface area contributed by atoms with E-state index in [1.54, 1.807) is 19.1 Å². The summed E-state index contributed by atoms with van der Waals surface area (Å²) in [7, 11) is 0. The van der Waals surface area contributed by atoms with E-state index in [4.69, 9.17) is 5.73 Å². The zero-order valence-corrected chi connectivity index (χ0v) is 18.3. The number of nitrogen functional groups attached to an aromatic ring is 1. The van der Waals surface area contributed by atoms with Gasteiger partial charge in [0.1, 0.15) is 5.82 Å². The first kappa shape index (κ1) is 27.5. The molecule has 0 radical (unpaired) electrons. The first-order valence-corrected chi connectivity index (χ1v) is 7.57. The SMILES string of the molecule is CC(C)(C)CCc1[c-]c(F)c(F)cc1F.Cc1ccc(N)cc1F.[CH3-].[Sm]. The zero-order chi connectivity index (χ0) is 18.5. The van der Waals surface area contributed by atoms with E-state index in [1.807, 2.05) is 20.8 Å². The summed E-state index contributed by atoms with van der Waals surface area (Å²) in [5, 5.41) is 0. The summed E-state index contributed by atoms with van der Waals surface area (Å²) in [6.07, 6.45) is 1.07. The zero-order valence-electron chi connectivity index (χ0n) is 15.7. The second-order valence-corrected chi connectivity index (χ2v) is 6.83. The molecule has 0 saturated heterocycles. The molecule has 2 N–H and O–H groups in total. The molecular weight excluding hydrogens is 481 g/mol. The first-order chi connectivity index (χ1) is 11.0. The van der Waals surface area contributed by atoms with Crippen LogP contribution in [0.4, 0.5) is 23.2 Å². The van der Waals surface area contributed by atoms with E-state index in [0.717, 1.165) is 0 Å².